The van der Waals surface area contributed by atoms with Gasteiger partial charge in [-0.05, 0) is 0 Å². The minimum absolute atomic E-state index is 1.35. The molecule has 0 saturated heterocycles. The van der Waals surface area contributed by atoms with Crippen molar-refractivity contribution < 1.29 is 140 Å². The molecule has 0 aromatic carbocycles. The maximum absolute atomic E-state index is 12.9. The molecule has 0 aliphatic carbocycles. The summed E-state index contributed by atoms with van der Waals surface area (Å²) >= 11 is 0. The predicted octanol–water partition coefficient (Wildman–Crippen LogP) is -14.5. The third kappa shape index (κ3) is 13.7. The number of aliphatic hydroxyl groups is 20. The van der Waals surface area contributed by atoms with E-state index in [0.29, 0.717) is 0 Å². The van der Waals surface area contributed by atoms with Crippen LogP contribution in [0.15, 0.2) is 0 Å². The molecular weight excluding hydrogens is 748 g/mol. The molecule has 0 aliphatic rings. The van der Waals surface area contributed by atoms with Crippen molar-refractivity contribution in [1.82, 2.24) is 0 Å². The number of hydrogen-bond donors (Lipinski definition) is 20. The quantitative estimate of drug-likeness (QED) is 0.0319. The van der Waals surface area contributed by atoms with Crippen LogP contribution in [0.25, 0.3) is 0 Å². The second-order valence-electron chi connectivity index (χ2n) is 10.9. The van der Waals surface area contributed by atoms with E-state index in [9.17, 15) is 101 Å². The Labute approximate surface area is 294 Å². The molecule has 0 fully saturated rings. The first-order chi connectivity index (χ1) is 24.4. The van der Waals surface area contributed by atoms with Gasteiger partial charge >= 0.3 is 30.0 Å². The fourth-order valence-electron chi connectivity index (χ4n) is 3.51. The molecule has 16 atom stereocenters. The van der Waals surface area contributed by atoms with E-state index < -0.39 is 154 Å². The van der Waals surface area contributed by atoms with E-state index in [2.05, 4.69) is 18.9 Å². The molecule has 20 N–H and O–H groups in total. The summed E-state index contributed by atoms with van der Waals surface area (Å²) in [5.41, 5.74) is 0. The van der Waals surface area contributed by atoms with Gasteiger partial charge in [0.25, 0.3) is 0 Å². The Balaban J connectivity index is 7.35. The zero-order chi connectivity index (χ0) is 41.7. The van der Waals surface area contributed by atoms with Gasteiger partial charge in [0.05, 0.1) is 26.4 Å². The van der Waals surface area contributed by atoms with Crippen LogP contribution < -0.4 is 0 Å². The zero-order valence-corrected chi connectivity index (χ0v) is 26.8. The van der Waals surface area contributed by atoms with Crippen LogP contribution in [0.2, 0.25) is 0 Å². The Morgan fingerprint density at radius 2 is 0.472 bits per heavy atom. The number of hydrogen-bond acceptors (Lipinski definition) is 28. The summed E-state index contributed by atoms with van der Waals surface area (Å²) in [6.07, 6.45) is -50.0. The van der Waals surface area contributed by atoms with Crippen LogP contribution >= 0.6 is 0 Å². The van der Waals surface area contributed by atoms with Crippen LogP contribution in [-0.4, -0.2) is 256 Å². The van der Waals surface area contributed by atoms with Gasteiger partial charge in [-0.2, -0.15) is 0 Å². The maximum atomic E-state index is 12.9. The second-order valence-corrected chi connectivity index (χ2v) is 10.9. The molecule has 0 radical (unpaired) electrons. The van der Waals surface area contributed by atoms with E-state index in [0.717, 1.165) is 0 Å². The van der Waals surface area contributed by atoms with Gasteiger partial charge in [-0.3, -0.25) is 0 Å². The van der Waals surface area contributed by atoms with E-state index in [4.69, 9.17) is 20.4 Å². The first-order valence-corrected chi connectivity index (χ1v) is 14.6. The summed E-state index contributed by atoms with van der Waals surface area (Å²) in [6.45, 7) is -5.38. The standard InChI is InChI=1S/C25H44O28/c26-1-5(30)9(34)13(38)17(42)21(46)50-25(51-22(47)18(43)14(39)10(35)6(31)2-27,52-23(48)19(44)15(40)11(36)7(32)3-28)53-24(49)20(45)16(41)12(37)8(33)4-29/h5-20,26-45H,1-4H2/t5-,6-,7-,8-,9-,10-,11-,12-,13+,14+,15+,16+,17-,18-,19-,20-/m1/s1. The SMILES string of the molecule is O=C(OC(OC(=O)[C@H](O)[C@@H](O)[C@H](O)[C@H](O)CO)(OC(=O)[C@H](O)[C@@H](O)[C@H](O)[C@H](O)CO)OC(=O)[C@H](O)[C@@H](O)[C@H](O)[C@H](O)CO)[C@H](O)[C@@H](O)[C@H](O)[C@H](O)CO. The minimum Gasteiger partial charge on any atom is -0.394 e. The Kier molecular flexibility index (Phi) is 21.2. The van der Waals surface area contributed by atoms with Crippen molar-refractivity contribution in [3.05, 3.63) is 0 Å². The van der Waals surface area contributed by atoms with Crippen LogP contribution in [0.1, 0.15) is 0 Å². The minimum atomic E-state index is -4.90. The number of carbonyl (C=O) groups excluding carboxylic acids is 4. The number of esters is 4. The molecule has 0 aromatic rings. The normalized spacial score (nSPS) is 21.4. The lowest BCUT2D eigenvalue weighted by Gasteiger charge is -2.34. The van der Waals surface area contributed by atoms with Crippen molar-refractivity contribution in [2.45, 2.75) is 104 Å². The van der Waals surface area contributed by atoms with Crippen LogP contribution in [0.3, 0.4) is 0 Å². The molecule has 0 saturated carbocycles. The van der Waals surface area contributed by atoms with Crippen molar-refractivity contribution in [3.8, 4) is 0 Å². The smallest absolute Gasteiger partial charge is 0.394 e. The summed E-state index contributed by atoms with van der Waals surface area (Å²) in [4.78, 5) is 51.5. The molecule has 0 heterocycles. The molecule has 0 amide bonds. The summed E-state index contributed by atoms with van der Waals surface area (Å²) in [7, 11) is 0. The summed E-state index contributed by atoms with van der Waals surface area (Å²) in [5, 5.41) is 194. The van der Waals surface area contributed by atoms with E-state index >= 15 is 0 Å². The van der Waals surface area contributed by atoms with Gasteiger partial charge in [0.2, 0.25) is 0 Å². The molecule has 0 aliphatic heterocycles. The van der Waals surface area contributed by atoms with Gasteiger partial charge < -0.3 is 121 Å². The highest BCUT2D eigenvalue weighted by molar-refractivity contribution is 5.81. The number of rotatable bonds is 24. The van der Waals surface area contributed by atoms with Gasteiger partial charge in [0.15, 0.2) is 24.4 Å². The predicted molar refractivity (Wildman–Crippen MR) is 152 cm³/mol. The lowest BCUT2D eigenvalue weighted by molar-refractivity contribution is -0.438. The Hall–Kier alpha value is -2.92. The fraction of sp³-hybridized carbons (Fsp3) is 0.840. The molecule has 28 nitrogen and oxygen atoms in total. The van der Waals surface area contributed by atoms with Crippen molar-refractivity contribution in [1.29, 1.82) is 0 Å². The molecule has 28 heteroatoms. The Bertz CT molecular complexity index is 967. The maximum Gasteiger partial charge on any atom is 0.620 e. The Morgan fingerprint density at radius 3 is 0.604 bits per heavy atom. The topological polar surface area (TPSA) is 510 Å². The van der Waals surface area contributed by atoms with Crippen molar-refractivity contribution in [3.63, 3.8) is 0 Å². The molecule has 0 rings (SSSR count). The van der Waals surface area contributed by atoms with Gasteiger partial charge in [0.1, 0.15) is 73.2 Å². The van der Waals surface area contributed by atoms with E-state index in [1.807, 2.05) is 0 Å². The van der Waals surface area contributed by atoms with E-state index in [1.165, 1.54) is 0 Å². The fourth-order valence-corrected chi connectivity index (χ4v) is 3.51. The molecule has 53 heavy (non-hydrogen) atoms. The molecule has 0 aromatic heterocycles. The van der Waals surface area contributed by atoms with Crippen LogP contribution in [0.4, 0.5) is 0 Å². The molecule has 312 valence electrons. The van der Waals surface area contributed by atoms with Crippen molar-refractivity contribution in [2.75, 3.05) is 26.4 Å². The number of aliphatic hydroxyl groups excluding tert-OH is 20. The molecule has 0 spiro atoms. The average molecular weight is 793 g/mol. The third-order valence-corrected chi connectivity index (χ3v) is 6.89. The zero-order valence-electron chi connectivity index (χ0n) is 26.8. The summed E-state index contributed by atoms with van der Waals surface area (Å²) in [5.74, 6) is -10.5. The Morgan fingerprint density at radius 1 is 0.321 bits per heavy atom. The molecular formula is C25H44O28. The van der Waals surface area contributed by atoms with Crippen LogP contribution in [-0.2, 0) is 38.1 Å². The van der Waals surface area contributed by atoms with Crippen LogP contribution in [0.5, 0.6) is 0 Å². The van der Waals surface area contributed by atoms with Crippen molar-refractivity contribution in [2.24, 2.45) is 0 Å². The van der Waals surface area contributed by atoms with Gasteiger partial charge in [-0.25, -0.2) is 19.2 Å². The second kappa shape index (κ2) is 22.5. The van der Waals surface area contributed by atoms with Gasteiger partial charge in [0, 0.05) is 0 Å². The van der Waals surface area contributed by atoms with Crippen molar-refractivity contribution >= 4 is 23.9 Å². The van der Waals surface area contributed by atoms with E-state index in [-0.39, 0.29) is 0 Å². The van der Waals surface area contributed by atoms with Crippen LogP contribution in [0, 0.1) is 0 Å². The van der Waals surface area contributed by atoms with Gasteiger partial charge in [-0.1, -0.05) is 0 Å². The first-order valence-electron chi connectivity index (χ1n) is 14.6. The monoisotopic (exact) mass is 792 g/mol. The van der Waals surface area contributed by atoms with E-state index in [1.54, 1.807) is 0 Å². The first kappa shape index (κ1) is 50.1. The lowest BCUT2D eigenvalue weighted by atomic mass is 10.0. The highest BCUT2D eigenvalue weighted by atomic mass is 17.0. The lowest BCUT2D eigenvalue weighted by Crippen LogP contribution is -2.59. The summed E-state index contributed by atoms with van der Waals surface area (Å²) in [6, 6.07) is 0. The molecule has 0 bridgehead atoms. The number of ether oxygens (including phenoxy) is 4. The summed E-state index contributed by atoms with van der Waals surface area (Å²) < 4.78 is 17.2. The molecule has 0 unspecified atom stereocenters. The van der Waals surface area contributed by atoms with Gasteiger partial charge in [-0.15, -0.1) is 0 Å². The largest absolute Gasteiger partial charge is 0.620 e. The average Bonchev–Trinajstić information content (AvgIpc) is 3.15. The highest BCUT2D eigenvalue weighted by Gasteiger charge is 2.56. The number of carbonyl (C=O) groups is 4. The third-order valence-electron chi connectivity index (χ3n) is 6.89. The highest BCUT2D eigenvalue weighted by Crippen LogP contribution is 2.26.